The Bertz CT molecular complexity index is 693. The van der Waals surface area contributed by atoms with Crippen LogP contribution in [-0.2, 0) is 10.0 Å². The van der Waals surface area contributed by atoms with Crippen LogP contribution in [0.2, 0.25) is 0 Å². The number of hydrogen-bond acceptors (Lipinski definition) is 4. The minimum atomic E-state index is -3.58. The molecular weight excluding hydrogens is 316 g/mol. The van der Waals surface area contributed by atoms with Crippen molar-refractivity contribution in [2.45, 2.75) is 31.1 Å². The van der Waals surface area contributed by atoms with Gasteiger partial charge in [-0.2, -0.15) is 4.31 Å². The Morgan fingerprint density at radius 2 is 2.04 bits per heavy atom. The molecular formula is C15H24N4O3S. The zero-order valence-corrected chi connectivity index (χ0v) is 14.2. The second-order valence-corrected chi connectivity index (χ2v) is 8.79. The Hall–Kier alpha value is -1.38. The molecule has 1 amide bonds. The highest BCUT2D eigenvalue weighted by atomic mass is 32.2. The van der Waals surface area contributed by atoms with E-state index in [1.807, 2.05) is 6.92 Å². The first kappa shape index (κ1) is 16.5. The van der Waals surface area contributed by atoms with Crippen molar-refractivity contribution in [2.75, 3.05) is 32.7 Å². The van der Waals surface area contributed by atoms with Crippen LogP contribution in [0.5, 0.6) is 0 Å². The zero-order valence-electron chi connectivity index (χ0n) is 13.4. The van der Waals surface area contributed by atoms with Gasteiger partial charge in [0.25, 0.3) is 5.91 Å². The largest absolute Gasteiger partial charge is 0.356 e. The summed E-state index contributed by atoms with van der Waals surface area (Å²) in [7, 11) is -3.58. The molecule has 0 spiro atoms. The third kappa shape index (κ3) is 3.02. The van der Waals surface area contributed by atoms with E-state index in [9.17, 15) is 13.2 Å². The third-order valence-electron chi connectivity index (χ3n) is 4.93. The summed E-state index contributed by atoms with van der Waals surface area (Å²) in [5.41, 5.74) is 5.92. The highest BCUT2D eigenvalue weighted by Crippen LogP contribution is 2.32. The molecule has 2 fully saturated rings. The van der Waals surface area contributed by atoms with Crippen LogP contribution < -0.4 is 5.73 Å². The normalized spacial score (nSPS) is 26.1. The number of amides is 1. The third-order valence-corrected chi connectivity index (χ3v) is 6.76. The fourth-order valence-electron chi connectivity index (χ4n) is 3.24. The number of aromatic amines is 1. The summed E-state index contributed by atoms with van der Waals surface area (Å²) in [6.45, 7) is 4.83. The van der Waals surface area contributed by atoms with Crippen LogP contribution >= 0.6 is 0 Å². The first-order valence-electron chi connectivity index (χ1n) is 8.04. The van der Waals surface area contributed by atoms with Crippen LogP contribution in [0, 0.1) is 5.41 Å². The van der Waals surface area contributed by atoms with Crippen LogP contribution in [0.1, 0.15) is 36.7 Å². The molecule has 23 heavy (non-hydrogen) atoms. The number of rotatable bonds is 4. The molecule has 3 heterocycles. The predicted octanol–water partition coefficient (Wildman–Crippen LogP) is 0.610. The van der Waals surface area contributed by atoms with Gasteiger partial charge in [0.1, 0.15) is 10.6 Å². The number of nitrogens with zero attached hydrogens (tertiary/aromatic N) is 2. The van der Waals surface area contributed by atoms with Gasteiger partial charge in [-0.1, -0.05) is 6.92 Å². The number of aromatic nitrogens is 1. The Morgan fingerprint density at radius 1 is 1.35 bits per heavy atom. The Labute approximate surface area is 136 Å². The minimum absolute atomic E-state index is 0.128. The van der Waals surface area contributed by atoms with Crippen LogP contribution in [0.15, 0.2) is 17.2 Å². The van der Waals surface area contributed by atoms with E-state index in [0.717, 1.165) is 32.4 Å². The van der Waals surface area contributed by atoms with Gasteiger partial charge in [0.15, 0.2) is 0 Å². The lowest BCUT2D eigenvalue weighted by atomic mass is 9.90. The molecule has 8 heteroatoms. The maximum atomic E-state index is 12.7. The van der Waals surface area contributed by atoms with Gasteiger partial charge < -0.3 is 15.6 Å². The summed E-state index contributed by atoms with van der Waals surface area (Å²) in [4.78, 5) is 17.1. The number of H-pyrrole nitrogens is 1. The van der Waals surface area contributed by atoms with Crippen LogP contribution in [0.4, 0.5) is 0 Å². The monoisotopic (exact) mass is 340 g/mol. The van der Waals surface area contributed by atoms with E-state index in [4.69, 9.17) is 5.73 Å². The van der Waals surface area contributed by atoms with E-state index in [1.165, 1.54) is 16.6 Å². The molecule has 128 valence electrons. The lowest BCUT2D eigenvalue weighted by Crippen LogP contribution is -2.34. The van der Waals surface area contributed by atoms with Gasteiger partial charge in [-0.05, 0) is 37.3 Å². The fraction of sp³-hybridized carbons (Fsp3) is 0.667. The van der Waals surface area contributed by atoms with Crippen molar-refractivity contribution in [3.05, 3.63) is 18.0 Å². The summed E-state index contributed by atoms with van der Waals surface area (Å²) in [5.74, 6) is -0.128. The summed E-state index contributed by atoms with van der Waals surface area (Å²) in [6, 6.07) is 1.45. The van der Waals surface area contributed by atoms with Crippen molar-refractivity contribution in [1.29, 1.82) is 0 Å². The molecule has 1 aromatic heterocycles. The smallest absolute Gasteiger partial charge is 0.270 e. The maximum Gasteiger partial charge on any atom is 0.270 e. The zero-order chi connectivity index (χ0) is 16.7. The topological polar surface area (TPSA) is 99.5 Å². The number of nitrogens with two attached hydrogens (primary N) is 1. The van der Waals surface area contributed by atoms with Gasteiger partial charge in [-0.25, -0.2) is 8.42 Å². The number of nitrogens with one attached hydrogen (secondary N) is 1. The van der Waals surface area contributed by atoms with Gasteiger partial charge in [0.05, 0.1) is 0 Å². The molecule has 7 nitrogen and oxygen atoms in total. The number of carbonyl (C=O) groups is 1. The van der Waals surface area contributed by atoms with Gasteiger partial charge >= 0.3 is 0 Å². The molecule has 3 rings (SSSR count). The SMILES string of the molecule is CC1(CN)CCN(S(=O)(=O)c2c[nH]c(C(=O)N3CCCC3)c2)C1. The van der Waals surface area contributed by atoms with Crippen molar-refractivity contribution >= 4 is 15.9 Å². The van der Waals surface area contributed by atoms with E-state index in [2.05, 4.69) is 4.98 Å². The van der Waals surface area contributed by atoms with E-state index in [1.54, 1.807) is 4.90 Å². The quantitative estimate of drug-likeness (QED) is 0.839. The van der Waals surface area contributed by atoms with Gasteiger partial charge in [-0.15, -0.1) is 0 Å². The molecule has 2 aliphatic rings. The average Bonchev–Trinajstić information content (AvgIpc) is 3.27. The van der Waals surface area contributed by atoms with Crippen LogP contribution in [-0.4, -0.2) is 61.2 Å². The Balaban J connectivity index is 1.78. The van der Waals surface area contributed by atoms with Gasteiger partial charge in [0, 0.05) is 32.4 Å². The number of hydrogen-bond donors (Lipinski definition) is 2. The second kappa shape index (κ2) is 5.92. The van der Waals surface area contributed by atoms with E-state index < -0.39 is 10.0 Å². The van der Waals surface area contributed by atoms with Gasteiger partial charge in [-0.3, -0.25) is 4.79 Å². The number of likely N-dealkylation sites (tertiary alicyclic amines) is 1. The molecule has 2 saturated heterocycles. The minimum Gasteiger partial charge on any atom is -0.356 e. The van der Waals surface area contributed by atoms with E-state index in [-0.39, 0.29) is 16.2 Å². The van der Waals surface area contributed by atoms with Crippen molar-refractivity contribution in [1.82, 2.24) is 14.2 Å². The molecule has 0 aliphatic carbocycles. The Kier molecular flexibility index (Phi) is 4.24. The summed E-state index contributed by atoms with van der Waals surface area (Å²) >= 11 is 0. The van der Waals surface area contributed by atoms with Crippen molar-refractivity contribution in [3.8, 4) is 0 Å². The first-order valence-corrected chi connectivity index (χ1v) is 9.48. The highest BCUT2D eigenvalue weighted by molar-refractivity contribution is 7.89. The van der Waals surface area contributed by atoms with Gasteiger partial charge in [0.2, 0.25) is 10.0 Å². The maximum absolute atomic E-state index is 12.7. The number of sulfonamides is 1. The molecule has 0 aromatic carbocycles. The van der Waals surface area contributed by atoms with E-state index >= 15 is 0 Å². The number of carbonyl (C=O) groups excluding carboxylic acids is 1. The summed E-state index contributed by atoms with van der Waals surface area (Å²) < 4.78 is 26.9. The first-order chi connectivity index (χ1) is 10.9. The van der Waals surface area contributed by atoms with E-state index in [0.29, 0.717) is 25.3 Å². The highest BCUT2D eigenvalue weighted by Gasteiger charge is 2.39. The molecule has 1 atom stereocenters. The molecule has 0 saturated carbocycles. The molecule has 0 bridgehead atoms. The second-order valence-electron chi connectivity index (χ2n) is 6.85. The van der Waals surface area contributed by atoms with Crippen molar-refractivity contribution in [3.63, 3.8) is 0 Å². The summed E-state index contributed by atoms with van der Waals surface area (Å²) in [5, 5.41) is 0. The molecule has 2 aliphatic heterocycles. The summed E-state index contributed by atoms with van der Waals surface area (Å²) in [6.07, 6.45) is 4.18. The van der Waals surface area contributed by atoms with Crippen molar-refractivity contribution < 1.29 is 13.2 Å². The Morgan fingerprint density at radius 3 is 2.65 bits per heavy atom. The standard InChI is InChI=1S/C15H24N4O3S/c1-15(10-16)4-7-19(11-15)23(21,22)12-8-13(17-9-12)14(20)18-5-2-3-6-18/h8-9,17H,2-7,10-11,16H2,1H3. The molecule has 0 radical (unpaired) electrons. The molecule has 1 unspecified atom stereocenters. The predicted molar refractivity (Wildman–Crippen MR) is 86.5 cm³/mol. The van der Waals surface area contributed by atoms with Crippen LogP contribution in [0.3, 0.4) is 0 Å². The lowest BCUT2D eigenvalue weighted by molar-refractivity contribution is 0.0787. The average molecular weight is 340 g/mol. The lowest BCUT2D eigenvalue weighted by Gasteiger charge is -2.22. The molecule has 1 aromatic rings. The molecule has 3 N–H and O–H groups in total. The van der Waals surface area contributed by atoms with Crippen molar-refractivity contribution in [2.24, 2.45) is 11.1 Å². The fourth-order valence-corrected chi connectivity index (χ4v) is 4.82. The van der Waals surface area contributed by atoms with Crippen LogP contribution in [0.25, 0.3) is 0 Å².